The molecule has 0 unspecified atom stereocenters. The van der Waals surface area contributed by atoms with Gasteiger partial charge in [-0.25, -0.2) is 0 Å². The van der Waals surface area contributed by atoms with Gasteiger partial charge in [0, 0.05) is 48.2 Å². The molecule has 3 aliphatic heterocycles. The lowest BCUT2D eigenvalue weighted by Gasteiger charge is -2.26. The average molecular weight is 454 g/mol. The number of rotatable bonds is 6. The molecule has 7 heteroatoms. The third-order valence-electron chi connectivity index (χ3n) is 6.57. The van der Waals surface area contributed by atoms with Crippen LogP contribution < -0.4 is 14.4 Å². The van der Waals surface area contributed by atoms with Gasteiger partial charge in [0.2, 0.25) is 0 Å². The van der Waals surface area contributed by atoms with E-state index in [1.807, 2.05) is 48.1 Å². The molecule has 0 saturated carbocycles. The van der Waals surface area contributed by atoms with E-state index in [1.54, 1.807) is 12.0 Å². The zero-order valence-corrected chi connectivity index (χ0v) is 19.3. The third kappa shape index (κ3) is 3.71. The number of fused-ring (bicyclic) bond motifs is 3. The Morgan fingerprint density at radius 1 is 1.03 bits per heavy atom. The smallest absolute Gasteiger partial charge is 0.259 e. The van der Waals surface area contributed by atoms with Crippen molar-refractivity contribution in [1.82, 2.24) is 9.47 Å². The lowest BCUT2D eigenvalue weighted by Crippen LogP contribution is -2.33. The molecule has 0 spiro atoms. The van der Waals surface area contributed by atoms with Crippen molar-refractivity contribution in [2.24, 2.45) is 7.05 Å². The molecule has 1 aromatic carbocycles. The van der Waals surface area contributed by atoms with E-state index in [2.05, 4.69) is 4.90 Å². The van der Waals surface area contributed by atoms with E-state index in [4.69, 9.17) is 21.1 Å². The zero-order chi connectivity index (χ0) is 22.2. The summed E-state index contributed by atoms with van der Waals surface area (Å²) in [7, 11) is 3.62. The van der Waals surface area contributed by atoms with E-state index < -0.39 is 0 Å². The molecule has 1 aliphatic carbocycles. The van der Waals surface area contributed by atoms with Crippen LogP contribution in [0.1, 0.15) is 35.2 Å². The number of benzene rings is 1. The Kier molecular flexibility index (Phi) is 5.74. The van der Waals surface area contributed by atoms with Crippen molar-refractivity contribution in [3.8, 4) is 22.8 Å². The second-order valence-electron chi connectivity index (χ2n) is 8.55. The van der Waals surface area contributed by atoms with Crippen LogP contribution in [0, 0.1) is 0 Å². The minimum Gasteiger partial charge on any atom is -0.493 e. The molecule has 0 bridgehead atoms. The van der Waals surface area contributed by atoms with E-state index in [0.717, 1.165) is 42.1 Å². The Morgan fingerprint density at radius 2 is 1.84 bits per heavy atom. The largest absolute Gasteiger partial charge is 0.493 e. The first-order chi connectivity index (χ1) is 15.6. The van der Waals surface area contributed by atoms with Crippen molar-refractivity contribution in [2.45, 2.75) is 25.8 Å². The number of aromatic nitrogens is 1. The Morgan fingerprint density at radius 3 is 2.62 bits per heavy atom. The number of methoxy groups -OCH3 is 1. The molecular weight excluding hydrogens is 426 g/mol. The first kappa shape index (κ1) is 21.2. The fourth-order valence-electron chi connectivity index (χ4n) is 4.86. The molecule has 0 radical (unpaired) electrons. The number of aryl methyl sites for hydroxylation is 1. The van der Waals surface area contributed by atoms with Gasteiger partial charge < -0.3 is 18.9 Å². The number of ether oxygens (including phenoxy) is 2. The van der Waals surface area contributed by atoms with Crippen molar-refractivity contribution in [3.05, 3.63) is 52.7 Å². The number of carbonyl (C=O) groups excluding carboxylic acids is 1. The highest BCUT2D eigenvalue weighted by Gasteiger charge is 2.35. The fraction of sp³-hybridized carbons (Fsp3) is 0.400. The lowest BCUT2D eigenvalue weighted by atomic mass is 10.1. The number of amides is 1. The number of hydrogen-bond acceptors (Lipinski definition) is 4. The number of halogens is 1. The molecule has 1 aromatic rings. The molecule has 0 atom stereocenters. The molecule has 6 nitrogen and oxygen atoms in total. The molecule has 32 heavy (non-hydrogen) atoms. The van der Waals surface area contributed by atoms with Crippen LogP contribution >= 0.6 is 11.6 Å². The molecule has 1 saturated heterocycles. The molecule has 0 N–H and O–H groups in total. The monoisotopic (exact) mass is 453 g/mol. The SMILES string of the molecule is COc1ccc(N2Cc3c(cc4c(Cl)ccn(C)c3-4)C2=O)cc1OCCN1CCCCC1. The predicted octanol–water partition coefficient (Wildman–Crippen LogP) is 4.82. The molecule has 168 valence electrons. The fourth-order valence-corrected chi connectivity index (χ4v) is 5.07. The van der Waals surface area contributed by atoms with Crippen LogP contribution in [-0.2, 0) is 13.6 Å². The van der Waals surface area contributed by atoms with Crippen molar-refractivity contribution in [2.75, 3.05) is 38.3 Å². The van der Waals surface area contributed by atoms with Crippen LogP contribution in [-0.4, -0.2) is 48.7 Å². The highest BCUT2D eigenvalue weighted by atomic mass is 35.5. The summed E-state index contributed by atoms with van der Waals surface area (Å²) >= 11 is 6.38. The summed E-state index contributed by atoms with van der Waals surface area (Å²) < 4.78 is 13.6. The molecular formula is C25H28ClN3O3. The van der Waals surface area contributed by atoms with Crippen molar-refractivity contribution in [1.29, 1.82) is 0 Å². The van der Waals surface area contributed by atoms with Gasteiger partial charge in [0.15, 0.2) is 11.5 Å². The third-order valence-corrected chi connectivity index (χ3v) is 6.90. The van der Waals surface area contributed by atoms with E-state index >= 15 is 0 Å². The number of carbonyl (C=O) groups is 1. The minimum absolute atomic E-state index is 0.0169. The standard InChI is InChI=1S/C25H28ClN3O3/c1-27-11-8-21(26)19-15-18-20(24(19)27)16-29(25(18)30)17-6-7-22(31-2)23(14-17)32-13-12-28-9-4-3-5-10-28/h6-8,11,14-15H,3-5,9-10,12-13,16H2,1-2H3. The van der Waals surface area contributed by atoms with Crippen molar-refractivity contribution >= 4 is 23.2 Å². The summed E-state index contributed by atoms with van der Waals surface area (Å²) in [5.74, 6) is 1.33. The van der Waals surface area contributed by atoms with Gasteiger partial charge >= 0.3 is 0 Å². The lowest BCUT2D eigenvalue weighted by molar-refractivity contribution is 0.0996. The molecule has 1 amide bonds. The predicted molar refractivity (Wildman–Crippen MR) is 126 cm³/mol. The number of piperidine rings is 1. The first-order valence-electron chi connectivity index (χ1n) is 11.2. The van der Waals surface area contributed by atoms with Gasteiger partial charge in [0.1, 0.15) is 6.61 Å². The van der Waals surface area contributed by atoms with Gasteiger partial charge in [-0.1, -0.05) is 18.0 Å². The van der Waals surface area contributed by atoms with Gasteiger partial charge in [-0.2, -0.15) is 0 Å². The van der Waals surface area contributed by atoms with E-state index in [9.17, 15) is 4.79 Å². The highest BCUT2D eigenvalue weighted by Crippen LogP contribution is 2.43. The van der Waals surface area contributed by atoms with Crippen LogP contribution in [0.2, 0.25) is 5.02 Å². The quantitative estimate of drug-likeness (QED) is 0.537. The highest BCUT2D eigenvalue weighted by molar-refractivity contribution is 6.33. The van der Waals surface area contributed by atoms with Gasteiger partial charge in [-0.05, 0) is 50.2 Å². The summed E-state index contributed by atoms with van der Waals surface area (Å²) in [6, 6.07) is 9.47. The van der Waals surface area contributed by atoms with Crippen molar-refractivity contribution in [3.63, 3.8) is 0 Å². The van der Waals surface area contributed by atoms with E-state index in [1.165, 1.54) is 19.3 Å². The topological polar surface area (TPSA) is 46.9 Å². The van der Waals surface area contributed by atoms with Gasteiger partial charge in [-0.3, -0.25) is 9.69 Å². The Balaban J connectivity index is 1.37. The van der Waals surface area contributed by atoms with E-state index in [0.29, 0.717) is 35.2 Å². The normalized spacial score (nSPS) is 16.6. The number of pyridine rings is 1. The Labute approximate surface area is 193 Å². The maximum atomic E-state index is 13.3. The number of anilines is 1. The maximum Gasteiger partial charge on any atom is 0.259 e. The summed E-state index contributed by atoms with van der Waals surface area (Å²) in [6.45, 7) is 4.27. The second-order valence-corrected chi connectivity index (χ2v) is 8.96. The summed E-state index contributed by atoms with van der Waals surface area (Å²) in [5.41, 5.74) is 4.46. The minimum atomic E-state index is -0.0169. The van der Waals surface area contributed by atoms with Gasteiger partial charge in [0.05, 0.1) is 24.4 Å². The van der Waals surface area contributed by atoms with Gasteiger partial charge in [0.25, 0.3) is 5.91 Å². The van der Waals surface area contributed by atoms with Crippen LogP contribution in [0.15, 0.2) is 36.5 Å². The van der Waals surface area contributed by atoms with Gasteiger partial charge in [-0.15, -0.1) is 0 Å². The van der Waals surface area contributed by atoms with E-state index in [-0.39, 0.29) is 5.91 Å². The van der Waals surface area contributed by atoms with Crippen LogP contribution in [0.3, 0.4) is 0 Å². The molecule has 1 fully saturated rings. The van der Waals surface area contributed by atoms with Crippen LogP contribution in [0.4, 0.5) is 5.69 Å². The number of hydrogen-bond donors (Lipinski definition) is 0. The second kappa shape index (κ2) is 8.68. The van der Waals surface area contributed by atoms with Crippen molar-refractivity contribution < 1.29 is 14.3 Å². The summed E-state index contributed by atoms with van der Waals surface area (Å²) in [5, 5.41) is 0.667. The molecule has 4 aliphatic rings. The molecule has 0 aromatic heterocycles. The zero-order valence-electron chi connectivity index (χ0n) is 18.6. The Hall–Kier alpha value is -2.70. The first-order valence-corrected chi connectivity index (χ1v) is 11.6. The average Bonchev–Trinajstić information content (AvgIpc) is 3.35. The number of likely N-dealkylation sites (tertiary alicyclic amines) is 1. The Bertz CT molecular complexity index is 1120. The maximum absolute atomic E-state index is 13.3. The molecule has 3 heterocycles. The molecule has 5 rings (SSSR count). The van der Waals surface area contributed by atoms with Crippen LogP contribution in [0.5, 0.6) is 11.5 Å². The summed E-state index contributed by atoms with van der Waals surface area (Å²) in [4.78, 5) is 17.5. The number of nitrogens with zero attached hydrogens (tertiary/aromatic N) is 3. The van der Waals surface area contributed by atoms with Crippen LogP contribution in [0.25, 0.3) is 11.3 Å². The summed E-state index contributed by atoms with van der Waals surface area (Å²) in [6.07, 6.45) is 5.77.